The van der Waals surface area contributed by atoms with Crippen molar-refractivity contribution in [2.45, 2.75) is 18.2 Å². The molecule has 0 heterocycles. The van der Waals surface area contributed by atoms with Gasteiger partial charge >= 0.3 is 0 Å². The van der Waals surface area contributed by atoms with Crippen LogP contribution in [0.5, 0.6) is 0 Å². The Labute approximate surface area is 116 Å². The molecule has 0 spiro atoms. The molecular weight excluding hydrogens is 289 g/mol. The van der Waals surface area contributed by atoms with Crippen LogP contribution in [-0.4, -0.2) is 33.0 Å². The molecule has 0 aliphatic heterocycles. The number of hydrogen-bond acceptors (Lipinski definition) is 5. The van der Waals surface area contributed by atoms with Crippen LogP contribution in [0.4, 0.5) is 10.1 Å². The normalized spacial score (nSPS) is 11.5. The number of hydrogen-bond donors (Lipinski definition) is 2. The summed E-state index contributed by atoms with van der Waals surface area (Å²) in [5.74, 6) is -1.02. The summed E-state index contributed by atoms with van der Waals surface area (Å²) in [5.41, 5.74) is -0.473. The molecule has 0 radical (unpaired) electrons. The van der Waals surface area contributed by atoms with Crippen LogP contribution < -0.4 is 10.0 Å². The van der Waals surface area contributed by atoms with Crippen LogP contribution in [0.1, 0.15) is 13.3 Å². The fourth-order valence-electron chi connectivity index (χ4n) is 1.49. The highest BCUT2D eigenvalue weighted by molar-refractivity contribution is 7.89. The lowest BCUT2D eigenvalue weighted by atomic mass is 10.3. The van der Waals surface area contributed by atoms with Gasteiger partial charge in [0, 0.05) is 18.7 Å². The third kappa shape index (κ3) is 4.51. The zero-order chi connectivity index (χ0) is 15.2. The SMILES string of the molecule is CCNCCCNS(=O)(=O)c1cc([N+](=O)[O-])ccc1F. The van der Waals surface area contributed by atoms with Crippen molar-refractivity contribution >= 4 is 15.7 Å². The zero-order valence-electron chi connectivity index (χ0n) is 10.9. The van der Waals surface area contributed by atoms with E-state index in [9.17, 15) is 22.9 Å². The standard InChI is InChI=1S/C11H16FN3O4S/c1-2-13-6-3-7-14-20(18,19)11-8-9(15(16)17)4-5-10(11)12/h4-5,8,13-14H,2-3,6-7H2,1H3. The van der Waals surface area contributed by atoms with E-state index >= 15 is 0 Å². The molecule has 0 fully saturated rings. The van der Waals surface area contributed by atoms with Gasteiger partial charge in [0.15, 0.2) is 0 Å². The van der Waals surface area contributed by atoms with E-state index in [-0.39, 0.29) is 6.54 Å². The summed E-state index contributed by atoms with van der Waals surface area (Å²) in [5, 5.41) is 13.6. The van der Waals surface area contributed by atoms with Crippen LogP contribution >= 0.6 is 0 Å². The van der Waals surface area contributed by atoms with Crippen molar-refractivity contribution in [2.24, 2.45) is 0 Å². The van der Waals surface area contributed by atoms with Crippen molar-refractivity contribution in [1.29, 1.82) is 0 Å². The summed E-state index contributed by atoms with van der Waals surface area (Å²) >= 11 is 0. The van der Waals surface area contributed by atoms with Crippen molar-refractivity contribution in [3.05, 3.63) is 34.1 Å². The van der Waals surface area contributed by atoms with E-state index in [4.69, 9.17) is 0 Å². The maximum Gasteiger partial charge on any atom is 0.270 e. The van der Waals surface area contributed by atoms with E-state index in [2.05, 4.69) is 10.0 Å². The zero-order valence-corrected chi connectivity index (χ0v) is 11.7. The molecule has 0 saturated heterocycles. The minimum absolute atomic E-state index is 0.122. The van der Waals surface area contributed by atoms with Crippen molar-refractivity contribution in [3.63, 3.8) is 0 Å². The smallest absolute Gasteiger partial charge is 0.270 e. The number of rotatable bonds is 8. The highest BCUT2D eigenvalue weighted by Crippen LogP contribution is 2.20. The second-order valence-electron chi connectivity index (χ2n) is 3.98. The quantitative estimate of drug-likeness (QED) is 0.424. The van der Waals surface area contributed by atoms with Gasteiger partial charge in [-0.1, -0.05) is 6.92 Å². The van der Waals surface area contributed by atoms with Gasteiger partial charge < -0.3 is 5.32 Å². The molecule has 0 aromatic heterocycles. The first-order valence-corrected chi connectivity index (χ1v) is 7.51. The Hall–Kier alpha value is -1.58. The summed E-state index contributed by atoms with van der Waals surface area (Å²) in [7, 11) is -4.09. The number of non-ortho nitro benzene ring substituents is 1. The largest absolute Gasteiger partial charge is 0.317 e. The first kappa shape index (κ1) is 16.5. The molecule has 1 aromatic carbocycles. The maximum atomic E-state index is 13.5. The molecule has 1 aromatic rings. The van der Waals surface area contributed by atoms with Gasteiger partial charge in [0.25, 0.3) is 5.69 Å². The van der Waals surface area contributed by atoms with E-state index in [1.165, 1.54) is 0 Å². The van der Waals surface area contributed by atoms with Gasteiger partial charge in [-0.3, -0.25) is 10.1 Å². The van der Waals surface area contributed by atoms with E-state index in [1.54, 1.807) is 0 Å². The number of sulfonamides is 1. The Morgan fingerprint density at radius 1 is 1.35 bits per heavy atom. The molecule has 0 atom stereocenters. The molecule has 112 valence electrons. The Morgan fingerprint density at radius 3 is 2.65 bits per heavy atom. The van der Waals surface area contributed by atoms with Gasteiger partial charge in [-0.25, -0.2) is 17.5 Å². The van der Waals surface area contributed by atoms with Crippen molar-refractivity contribution in [3.8, 4) is 0 Å². The summed E-state index contributed by atoms with van der Waals surface area (Å²) in [4.78, 5) is 9.10. The number of nitro benzene ring substituents is 1. The molecular formula is C11H16FN3O4S. The lowest BCUT2D eigenvalue weighted by Crippen LogP contribution is -2.28. The van der Waals surface area contributed by atoms with Crippen molar-refractivity contribution in [2.75, 3.05) is 19.6 Å². The van der Waals surface area contributed by atoms with Gasteiger partial charge in [-0.2, -0.15) is 0 Å². The topological polar surface area (TPSA) is 101 Å². The number of benzene rings is 1. The third-order valence-corrected chi connectivity index (χ3v) is 3.96. The monoisotopic (exact) mass is 305 g/mol. The third-order valence-electron chi connectivity index (χ3n) is 2.49. The van der Waals surface area contributed by atoms with Gasteiger partial charge in [-0.15, -0.1) is 0 Å². The lowest BCUT2D eigenvalue weighted by molar-refractivity contribution is -0.385. The molecule has 0 bridgehead atoms. The highest BCUT2D eigenvalue weighted by atomic mass is 32.2. The minimum Gasteiger partial charge on any atom is -0.317 e. The Morgan fingerprint density at radius 2 is 2.05 bits per heavy atom. The van der Waals surface area contributed by atoms with Crippen LogP contribution in [0.15, 0.2) is 23.1 Å². The predicted octanol–water partition coefficient (Wildman–Crippen LogP) is 1.01. The van der Waals surface area contributed by atoms with Crippen LogP contribution in [0.25, 0.3) is 0 Å². The van der Waals surface area contributed by atoms with Crippen molar-refractivity contribution < 1.29 is 17.7 Å². The van der Waals surface area contributed by atoms with Gasteiger partial charge in [0.1, 0.15) is 10.7 Å². The molecule has 0 aliphatic rings. The molecule has 0 unspecified atom stereocenters. The summed E-state index contributed by atoms with van der Waals surface area (Å²) in [6.45, 7) is 3.43. The highest BCUT2D eigenvalue weighted by Gasteiger charge is 2.22. The number of nitro groups is 1. The fourth-order valence-corrected chi connectivity index (χ4v) is 2.66. The molecule has 0 aliphatic carbocycles. The average Bonchev–Trinajstić information content (AvgIpc) is 2.38. The summed E-state index contributed by atoms with van der Waals surface area (Å²) < 4.78 is 39.4. The van der Waals surface area contributed by atoms with Gasteiger partial charge in [0.05, 0.1) is 4.92 Å². The average molecular weight is 305 g/mol. The van der Waals surface area contributed by atoms with Crippen LogP contribution in [0, 0.1) is 15.9 Å². The molecule has 7 nitrogen and oxygen atoms in total. The Kier molecular flexibility index (Phi) is 5.99. The molecule has 0 amide bonds. The number of nitrogens with one attached hydrogen (secondary N) is 2. The molecule has 1 rings (SSSR count). The lowest BCUT2D eigenvalue weighted by Gasteiger charge is -2.07. The second kappa shape index (κ2) is 7.27. The Balaban J connectivity index is 2.81. The van der Waals surface area contributed by atoms with Gasteiger partial charge in [-0.05, 0) is 25.6 Å². The summed E-state index contributed by atoms with van der Waals surface area (Å²) in [6, 6.07) is 2.40. The van der Waals surface area contributed by atoms with E-state index in [1.807, 2.05) is 6.92 Å². The summed E-state index contributed by atoms with van der Waals surface area (Å²) in [6.07, 6.45) is 0.531. The van der Waals surface area contributed by atoms with Crippen LogP contribution in [-0.2, 0) is 10.0 Å². The van der Waals surface area contributed by atoms with Gasteiger partial charge in [0.2, 0.25) is 10.0 Å². The first-order chi connectivity index (χ1) is 9.38. The van der Waals surface area contributed by atoms with Crippen LogP contribution in [0.3, 0.4) is 0 Å². The second-order valence-corrected chi connectivity index (χ2v) is 5.71. The first-order valence-electron chi connectivity index (χ1n) is 6.03. The molecule has 9 heteroatoms. The maximum absolute atomic E-state index is 13.5. The van der Waals surface area contributed by atoms with E-state index < -0.39 is 31.3 Å². The number of halogens is 1. The predicted molar refractivity (Wildman–Crippen MR) is 71.4 cm³/mol. The minimum atomic E-state index is -4.09. The number of nitrogens with zero attached hydrogens (tertiary/aromatic N) is 1. The van der Waals surface area contributed by atoms with E-state index in [0.717, 1.165) is 18.7 Å². The van der Waals surface area contributed by atoms with Crippen molar-refractivity contribution in [1.82, 2.24) is 10.0 Å². The molecule has 2 N–H and O–H groups in total. The van der Waals surface area contributed by atoms with Crippen LogP contribution in [0.2, 0.25) is 0 Å². The van der Waals surface area contributed by atoms with E-state index in [0.29, 0.717) is 19.0 Å². The molecule has 0 saturated carbocycles. The molecule has 20 heavy (non-hydrogen) atoms. The fraction of sp³-hybridized carbons (Fsp3) is 0.455. The Bertz CT molecular complexity index is 577.